The number of carbonyl (C=O) groups excluding carboxylic acids is 1. The minimum Gasteiger partial charge on any atom is -0.301 e. The highest BCUT2D eigenvalue weighted by molar-refractivity contribution is 8.00. The third-order valence-corrected chi connectivity index (χ3v) is 5.13. The number of rotatable bonds is 6. The first-order chi connectivity index (χ1) is 11.7. The molecule has 0 bridgehead atoms. The summed E-state index contributed by atoms with van der Waals surface area (Å²) in [6, 6.07) is 16.2. The largest absolute Gasteiger partial charge is 0.301 e. The third kappa shape index (κ3) is 4.91. The van der Waals surface area contributed by atoms with Crippen molar-refractivity contribution in [2.45, 2.75) is 11.3 Å². The van der Waals surface area contributed by atoms with E-state index >= 15 is 0 Å². The molecule has 122 valence electrons. The summed E-state index contributed by atoms with van der Waals surface area (Å²) < 4.78 is 12.9. The molecule has 0 saturated heterocycles. The molecule has 6 heteroatoms. The van der Waals surface area contributed by atoms with Gasteiger partial charge in [0.25, 0.3) is 0 Å². The molecule has 0 unspecified atom stereocenters. The fraction of sp³-hybridized carbons (Fsp3) is 0.111. The Balaban J connectivity index is 1.51. The van der Waals surface area contributed by atoms with Gasteiger partial charge in [0, 0.05) is 22.4 Å². The first-order valence-electron chi connectivity index (χ1n) is 7.36. The molecular formula is C18H15FN2OS2. The Kier molecular flexibility index (Phi) is 5.61. The van der Waals surface area contributed by atoms with E-state index in [0.29, 0.717) is 17.3 Å². The zero-order chi connectivity index (χ0) is 16.8. The molecule has 0 aliphatic heterocycles. The van der Waals surface area contributed by atoms with Gasteiger partial charge >= 0.3 is 0 Å². The summed E-state index contributed by atoms with van der Waals surface area (Å²) in [7, 11) is 0. The standard InChI is InChI=1S/C18H15FN2OS2/c19-14-8-6-13(7-9-14)10-16-11-20-18(24-16)21-17(22)12-23-15-4-2-1-3-5-15/h1-9,11H,10,12H2,(H,20,21,22). The SMILES string of the molecule is O=C(CSc1ccccc1)Nc1ncc(Cc2ccc(F)cc2)s1. The number of thioether (sulfide) groups is 1. The van der Waals surface area contributed by atoms with Crippen LogP contribution >= 0.6 is 23.1 Å². The van der Waals surface area contributed by atoms with E-state index in [9.17, 15) is 9.18 Å². The fourth-order valence-electron chi connectivity index (χ4n) is 2.07. The van der Waals surface area contributed by atoms with E-state index in [1.807, 2.05) is 30.3 Å². The highest BCUT2D eigenvalue weighted by atomic mass is 32.2. The lowest BCUT2D eigenvalue weighted by Gasteiger charge is -2.02. The Hall–Kier alpha value is -2.18. The van der Waals surface area contributed by atoms with Crippen LogP contribution in [0, 0.1) is 5.82 Å². The number of thiazole rings is 1. The number of anilines is 1. The summed E-state index contributed by atoms with van der Waals surface area (Å²) >= 11 is 2.92. The molecule has 1 aromatic heterocycles. The maximum atomic E-state index is 12.9. The second-order valence-corrected chi connectivity index (χ2v) is 7.25. The molecule has 0 saturated carbocycles. The molecule has 1 N–H and O–H groups in total. The summed E-state index contributed by atoms with van der Waals surface area (Å²) in [4.78, 5) is 18.3. The van der Waals surface area contributed by atoms with Crippen molar-refractivity contribution in [3.63, 3.8) is 0 Å². The van der Waals surface area contributed by atoms with E-state index in [4.69, 9.17) is 0 Å². The number of nitrogens with zero attached hydrogens (tertiary/aromatic N) is 1. The van der Waals surface area contributed by atoms with Gasteiger partial charge in [0.05, 0.1) is 5.75 Å². The second-order valence-electron chi connectivity index (χ2n) is 5.08. The molecule has 2 aromatic carbocycles. The molecule has 1 amide bonds. The Morgan fingerprint density at radius 1 is 1.12 bits per heavy atom. The minimum absolute atomic E-state index is 0.0773. The number of halogens is 1. The van der Waals surface area contributed by atoms with Crippen molar-refractivity contribution in [3.05, 3.63) is 77.1 Å². The summed E-state index contributed by atoms with van der Waals surface area (Å²) in [5.41, 5.74) is 1.01. The van der Waals surface area contributed by atoms with E-state index in [1.165, 1.54) is 35.2 Å². The number of hydrogen-bond acceptors (Lipinski definition) is 4. The van der Waals surface area contributed by atoms with Crippen molar-refractivity contribution < 1.29 is 9.18 Å². The maximum absolute atomic E-state index is 12.9. The summed E-state index contributed by atoms with van der Waals surface area (Å²) in [5, 5.41) is 3.40. The normalized spacial score (nSPS) is 10.5. The van der Waals surface area contributed by atoms with Crippen LogP contribution in [0.15, 0.2) is 65.7 Å². The highest BCUT2D eigenvalue weighted by Crippen LogP contribution is 2.22. The van der Waals surface area contributed by atoms with Gasteiger partial charge in [-0.15, -0.1) is 23.1 Å². The number of nitrogens with one attached hydrogen (secondary N) is 1. The predicted molar refractivity (Wildman–Crippen MR) is 97.1 cm³/mol. The smallest absolute Gasteiger partial charge is 0.236 e. The van der Waals surface area contributed by atoms with Crippen molar-refractivity contribution in [2.24, 2.45) is 0 Å². The van der Waals surface area contributed by atoms with Crippen LogP contribution < -0.4 is 5.32 Å². The molecule has 0 fully saturated rings. The Bertz CT molecular complexity index is 803. The number of benzene rings is 2. The van der Waals surface area contributed by atoms with Gasteiger partial charge < -0.3 is 5.32 Å². The minimum atomic E-state index is -0.244. The third-order valence-electron chi connectivity index (χ3n) is 3.20. The van der Waals surface area contributed by atoms with Crippen molar-refractivity contribution >= 4 is 34.1 Å². The van der Waals surface area contributed by atoms with Gasteiger partial charge in [-0.1, -0.05) is 30.3 Å². The van der Waals surface area contributed by atoms with Crippen molar-refractivity contribution in [3.8, 4) is 0 Å². The number of carbonyl (C=O) groups is 1. The Labute approximate surface area is 148 Å². The summed E-state index contributed by atoms with van der Waals surface area (Å²) in [5.74, 6) is 0.0233. The highest BCUT2D eigenvalue weighted by Gasteiger charge is 2.08. The van der Waals surface area contributed by atoms with Crippen molar-refractivity contribution in [2.75, 3.05) is 11.1 Å². The molecule has 0 atom stereocenters. The molecule has 1 heterocycles. The average Bonchev–Trinajstić information content (AvgIpc) is 3.03. The lowest BCUT2D eigenvalue weighted by molar-refractivity contribution is -0.113. The van der Waals surface area contributed by atoms with E-state index < -0.39 is 0 Å². The molecular weight excluding hydrogens is 343 g/mol. The monoisotopic (exact) mass is 358 g/mol. The molecule has 0 aliphatic carbocycles. The van der Waals surface area contributed by atoms with Crippen LogP contribution in [-0.2, 0) is 11.2 Å². The topological polar surface area (TPSA) is 42.0 Å². The number of aromatic nitrogens is 1. The zero-order valence-electron chi connectivity index (χ0n) is 12.7. The quantitative estimate of drug-likeness (QED) is 0.655. The molecule has 0 spiro atoms. The first kappa shape index (κ1) is 16.7. The lowest BCUT2D eigenvalue weighted by atomic mass is 10.1. The van der Waals surface area contributed by atoms with Gasteiger partial charge in [-0.3, -0.25) is 4.79 Å². The van der Waals surface area contributed by atoms with E-state index in [1.54, 1.807) is 18.3 Å². The van der Waals surface area contributed by atoms with Gasteiger partial charge in [0.1, 0.15) is 5.82 Å². The average molecular weight is 358 g/mol. The van der Waals surface area contributed by atoms with Gasteiger partial charge in [-0.25, -0.2) is 9.37 Å². The van der Waals surface area contributed by atoms with E-state index in [-0.39, 0.29) is 11.7 Å². The van der Waals surface area contributed by atoms with E-state index in [0.717, 1.165) is 15.3 Å². The fourth-order valence-corrected chi connectivity index (χ4v) is 3.65. The second kappa shape index (κ2) is 8.08. The lowest BCUT2D eigenvalue weighted by Crippen LogP contribution is -2.13. The van der Waals surface area contributed by atoms with Crippen LogP contribution in [0.25, 0.3) is 0 Å². The van der Waals surface area contributed by atoms with Crippen LogP contribution in [0.3, 0.4) is 0 Å². The molecule has 3 rings (SSSR count). The van der Waals surface area contributed by atoms with Gasteiger partial charge in [0.2, 0.25) is 5.91 Å². The van der Waals surface area contributed by atoms with Crippen molar-refractivity contribution in [1.29, 1.82) is 0 Å². The maximum Gasteiger partial charge on any atom is 0.236 e. The summed E-state index contributed by atoms with van der Waals surface area (Å²) in [6.07, 6.45) is 2.42. The number of amides is 1. The molecule has 24 heavy (non-hydrogen) atoms. The number of hydrogen-bond donors (Lipinski definition) is 1. The summed E-state index contributed by atoms with van der Waals surface area (Å²) in [6.45, 7) is 0. The van der Waals surface area contributed by atoms with Crippen LogP contribution in [0.1, 0.15) is 10.4 Å². The molecule has 0 radical (unpaired) electrons. The first-order valence-corrected chi connectivity index (χ1v) is 9.16. The molecule has 0 aliphatic rings. The van der Waals surface area contributed by atoms with Gasteiger partial charge in [-0.2, -0.15) is 0 Å². The van der Waals surface area contributed by atoms with Crippen molar-refractivity contribution in [1.82, 2.24) is 4.98 Å². The van der Waals surface area contributed by atoms with Crippen LogP contribution in [-0.4, -0.2) is 16.6 Å². The van der Waals surface area contributed by atoms with Crippen LogP contribution in [0.4, 0.5) is 9.52 Å². The van der Waals surface area contributed by atoms with E-state index in [2.05, 4.69) is 10.3 Å². The van der Waals surface area contributed by atoms with Crippen LogP contribution in [0.2, 0.25) is 0 Å². The predicted octanol–water partition coefficient (Wildman–Crippen LogP) is 4.60. The zero-order valence-corrected chi connectivity index (χ0v) is 14.4. The molecule has 3 aromatic rings. The van der Waals surface area contributed by atoms with Gasteiger partial charge in [0.15, 0.2) is 5.13 Å². The van der Waals surface area contributed by atoms with Gasteiger partial charge in [-0.05, 0) is 29.8 Å². The molecule has 3 nitrogen and oxygen atoms in total. The Morgan fingerprint density at radius 3 is 2.62 bits per heavy atom. The Morgan fingerprint density at radius 2 is 1.88 bits per heavy atom. The van der Waals surface area contributed by atoms with Crippen LogP contribution in [0.5, 0.6) is 0 Å².